The van der Waals surface area contributed by atoms with E-state index in [0.717, 1.165) is 18.7 Å². The maximum atomic E-state index is 11.0. The zero-order valence-corrected chi connectivity index (χ0v) is 13.0. The van der Waals surface area contributed by atoms with Gasteiger partial charge >= 0.3 is 0 Å². The van der Waals surface area contributed by atoms with E-state index in [-0.39, 0.29) is 5.91 Å². The quantitative estimate of drug-likeness (QED) is 0.751. The monoisotopic (exact) mass is 280 g/mol. The summed E-state index contributed by atoms with van der Waals surface area (Å²) in [7, 11) is 0. The number of hydrogen-bond donors (Lipinski definition) is 2. The van der Waals surface area contributed by atoms with Gasteiger partial charge in [-0.15, -0.1) is 11.8 Å². The summed E-state index contributed by atoms with van der Waals surface area (Å²) in [4.78, 5) is 12.2. The molecule has 1 amide bonds. The second kappa shape index (κ2) is 8.23. The number of amides is 1. The summed E-state index contributed by atoms with van der Waals surface area (Å²) in [6.07, 6.45) is 1.13. The third kappa shape index (κ3) is 5.66. The summed E-state index contributed by atoms with van der Waals surface area (Å²) < 4.78 is 0. The van der Waals surface area contributed by atoms with Gasteiger partial charge < -0.3 is 10.6 Å². The average Bonchev–Trinajstić information content (AvgIpc) is 2.37. The molecule has 0 aliphatic rings. The molecule has 0 saturated carbocycles. The first kappa shape index (κ1) is 16.1. The lowest BCUT2D eigenvalue weighted by atomic mass is 10.2. The van der Waals surface area contributed by atoms with Crippen molar-refractivity contribution in [2.45, 2.75) is 50.3 Å². The Balaban J connectivity index is 2.59. The van der Waals surface area contributed by atoms with E-state index in [1.54, 1.807) is 0 Å². The third-order valence-electron chi connectivity index (χ3n) is 2.97. The van der Waals surface area contributed by atoms with Gasteiger partial charge in [0.15, 0.2) is 0 Å². The molecule has 0 spiro atoms. The second-order valence-corrected chi connectivity index (χ2v) is 6.05. The van der Waals surface area contributed by atoms with Crippen LogP contribution in [0.3, 0.4) is 0 Å². The minimum atomic E-state index is -0.0352. The van der Waals surface area contributed by atoms with Crippen LogP contribution in [-0.2, 0) is 4.79 Å². The predicted octanol–water partition coefficient (Wildman–Crippen LogP) is 3.51. The van der Waals surface area contributed by atoms with Crippen molar-refractivity contribution in [1.82, 2.24) is 5.32 Å². The molecule has 0 aliphatic heterocycles. The molecule has 0 bridgehead atoms. The minimum Gasteiger partial charge on any atom is -0.326 e. The molecule has 1 aromatic rings. The van der Waals surface area contributed by atoms with Crippen LogP contribution in [-0.4, -0.2) is 23.7 Å². The first-order valence-corrected chi connectivity index (χ1v) is 7.72. The van der Waals surface area contributed by atoms with Crippen LogP contribution in [0.2, 0.25) is 0 Å². The molecule has 4 heteroatoms. The van der Waals surface area contributed by atoms with E-state index < -0.39 is 0 Å². The highest BCUT2D eigenvalue weighted by Crippen LogP contribution is 2.27. The lowest BCUT2D eigenvalue weighted by molar-refractivity contribution is -0.114. The fourth-order valence-corrected chi connectivity index (χ4v) is 3.20. The molecule has 19 heavy (non-hydrogen) atoms. The fourth-order valence-electron chi connectivity index (χ4n) is 2.02. The molecule has 2 atom stereocenters. The normalized spacial score (nSPS) is 13.9. The van der Waals surface area contributed by atoms with E-state index in [0.29, 0.717) is 11.3 Å². The Morgan fingerprint density at radius 2 is 1.89 bits per heavy atom. The molecule has 3 nitrogen and oxygen atoms in total. The number of anilines is 1. The van der Waals surface area contributed by atoms with E-state index in [1.807, 2.05) is 23.9 Å². The molecule has 0 fully saturated rings. The Hall–Kier alpha value is -1.00. The minimum absolute atomic E-state index is 0.0352. The summed E-state index contributed by atoms with van der Waals surface area (Å²) in [6.45, 7) is 9.13. The Labute approximate surface area is 120 Å². The van der Waals surface area contributed by atoms with Crippen molar-refractivity contribution in [2.24, 2.45) is 0 Å². The first-order chi connectivity index (χ1) is 9.06. The SMILES string of the molecule is CCNC(CC)C(C)Sc1ccc(NC(C)=O)cc1. The van der Waals surface area contributed by atoms with E-state index in [9.17, 15) is 4.79 Å². The number of benzene rings is 1. The lowest BCUT2D eigenvalue weighted by Crippen LogP contribution is -2.35. The van der Waals surface area contributed by atoms with Gasteiger partial charge in [-0.05, 0) is 37.2 Å². The molecule has 106 valence electrons. The van der Waals surface area contributed by atoms with Gasteiger partial charge in [-0.1, -0.05) is 20.8 Å². The van der Waals surface area contributed by atoms with Crippen molar-refractivity contribution >= 4 is 23.4 Å². The van der Waals surface area contributed by atoms with Crippen LogP contribution in [0.25, 0.3) is 0 Å². The molecule has 2 unspecified atom stereocenters. The molecular formula is C15H24N2OS. The molecule has 0 radical (unpaired) electrons. The first-order valence-electron chi connectivity index (χ1n) is 6.84. The highest BCUT2D eigenvalue weighted by molar-refractivity contribution is 8.00. The highest BCUT2D eigenvalue weighted by atomic mass is 32.2. The standard InChI is InChI=1S/C15H24N2OS/c1-5-15(16-6-2)11(3)19-14-9-7-13(8-10-14)17-12(4)18/h7-11,15-16H,5-6H2,1-4H3,(H,17,18). The predicted molar refractivity (Wildman–Crippen MR) is 83.8 cm³/mol. The van der Waals surface area contributed by atoms with Crippen molar-refractivity contribution in [3.63, 3.8) is 0 Å². The van der Waals surface area contributed by atoms with Gasteiger partial charge in [0.1, 0.15) is 0 Å². The van der Waals surface area contributed by atoms with Crippen LogP contribution in [0, 0.1) is 0 Å². The van der Waals surface area contributed by atoms with Crippen molar-refractivity contribution in [3.05, 3.63) is 24.3 Å². The van der Waals surface area contributed by atoms with Crippen molar-refractivity contribution in [1.29, 1.82) is 0 Å². The van der Waals surface area contributed by atoms with Gasteiger partial charge in [0.05, 0.1) is 0 Å². The summed E-state index contributed by atoms with van der Waals surface area (Å²) in [5.74, 6) is -0.0352. The fraction of sp³-hybridized carbons (Fsp3) is 0.533. The summed E-state index contributed by atoms with van der Waals surface area (Å²) in [5, 5.41) is 6.82. The zero-order valence-electron chi connectivity index (χ0n) is 12.2. The van der Waals surface area contributed by atoms with Gasteiger partial charge in [0.2, 0.25) is 5.91 Å². The maximum absolute atomic E-state index is 11.0. The van der Waals surface area contributed by atoms with Crippen LogP contribution in [0.15, 0.2) is 29.2 Å². The van der Waals surface area contributed by atoms with Crippen LogP contribution >= 0.6 is 11.8 Å². The maximum Gasteiger partial charge on any atom is 0.221 e. The second-order valence-electron chi connectivity index (χ2n) is 4.60. The molecule has 0 aliphatic carbocycles. The molecule has 2 N–H and O–H groups in total. The van der Waals surface area contributed by atoms with Gasteiger partial charge in [-0.25, -0.2) is 0 Å². The van der Waals surface area contributed by atoms with Crippen molar-refractivity contribution in [2.75, 3.05) is 11.9 Å². The zero-order chi connectivity index (χ0) is 14.3. The topological polar surface area (TPSA) is 41.1 Å². The largest absolute Gasteiger partial charge is 0.326 e. The van der Waals surface area contributed by atoms with E-state index in [4.69, 9.17) is 0 Å². The Morgan fingerprint density at radius 1 is 1.26 bits per heavy atom. The van der Waals surface area contributed by atoms with E-state index in [1.165, 1.54) is 11.8 Å². The van der Waals surface area contributed by atoms with Gasteiger partial charge in [0, 0.05) is 28.8 Å². The Bertz CT molecular complexity index is 392. The number of thioether (sulfide) groups is 1. The van der Waals surface area contributed by atoms with Crippen LogP contribution < -0.4 is 10.6 Å². The van der Waals surface area contributed by atoms with Crippen LogP contribution in [0.1, 0.15) is 34.1 Å². The molecule has 1 aromatic carbocycles. The molecule has 0 heterocycles. The molecule has 0 aromatic heterocycles. The van der Waals surface area contributed by atoms with Crippen LogP contribution in [0.4, 0.5) is 5.69 Å². The number of hydrogen-bond acceptors (Lipinski definition) is 3. The molecule has 0 saturated heterocycles. The van der Waals surface area contributed by atoms with Crippen molar-refractivity contribution in [3.8, 4) is 0 Å². The molecular weight excluding hydrogens is 256 g/mol. The van der Waals surface area contributed by atoms with E-state index >= 15 is 0 Å². The van der Waals surface area contributed by atoms with Gasteiger partial charge in [0.25, 0.3) is 0 Å². The van der Waals surface area contributed by atoms with Gasteiger partial charge in [-0.3, -0.25) is 4.79 Å². The third-order valence-corrected chi connectivity index (χ3v) is 4.21. The number of nitrogens with one attached hydrogen (secondary N) is 2. The number of carbonyl (C=O) groups is 1. The molecule has 1 rings (SSSR count). The number of rotatable bonds is 7. The Kier molecular flexibility index (Phi) is 6.95. The highest BCUT2D eigenvalue weighted by Gasteiger charge is 2.15. The van der Waals surface area contributed by atoms with Crippen LogP contribution in [0.5, 0.6) is 0 Å². The smallest absolute Gasteiger partial charge is 0.221 e. The average molecular weight is 280 g/mol. The summed E-state index contributed by atoms with van der Waals surface area (Å²) in [6, 6.07) is 8.55. The number of carbonyl (C=O) groups excluding carboxylic acids is 1. The Morgan fingerprint density at radius 3 is 2.37 bits per heavy atom. The summed E-state index contributed by atoms with van der Waals surface area (Å²) >= 11 is 1.87. The van der Waals surface area contributed by atoms with E-state index in [2.05, 4.69) is 43.5 Å². The van der Waals surface area contributed by atoms with Crippen molar-refractivity contribution < 1.29 is 4.79 Å². The summed E-state index contributed by atoms with van der Waals surface area (Å²) in [5.41, 5.74) is 0.850. The lowest BCUT2D eigenvalue weighted by Gasteiger charge is -2.23. The van der Waals surface area contributed by atoms with Gasteiger partial charge in [-0.2, -0.15) is 0 Å².